The zero-order valence-corrected chi connectivity index (χ0v) is 19.1. The number of benzene rings is 3. The van der Waals surface area contributed by atoms with Crippen LogP contribution >= 0.6 is 11.6 Å². The lowest BCUT2D eigenvalue weighted by Gasteiger charge is -2.16. The SMILES string of the molecule is CCOc1ccc(NC2=C(c3ccc(Cl)cc3)C(=O)N(c3ccc(OCC)cc3)C2=O)cc1. The lowest BCUT2D eigenvalue weighted by Crippen LogP contribution is -2.32. The molecular formula is C26H23ClN2O4. The molecule has 0 unspecified atom stereocenters. The number of imide groups is 1. The maximum Gasteiger partial charge on any atom is 0.282 e. The first-order chi connectivity index (χ1) is 16.0. The lowest BCUT2D eigenvalue weighted by atomic mass is 10.0. The van der Waals surface area contributed by atoms with Gasteiger partial charge >= 0.3 is 0 Å². The van der Waals surface area contributed by atoms with Crippen molar-refractivity contribution in [1.29, 1.82) is 0 Å². The predicted octanol–water partition coefficient (Wildman–Crippen LogP) is 5.53. The van der Waals surface area contributed by atoms with E-state index >= 15 is 0 Å². The molecule has 0 radical (unpaired) electrons. The van der Waals surface area contributed by atoms with Crippen molar-refractivity contribution in [3.63, 3.8) is 0 Å². The Hall–Kier alpha value is -3.77. The Morgan fingerprint density at radius 1 is 0.758 bits per heavy atom. The van der Waals surface area contributed by atoms with Crippen LogP contribution in [0.4, 0.5) is 11.4 Å². The molecule has 0 bridgehead atoms. The summed E-state index contributed by atoms with van der Waals surface area (Å²) in [7, 11) is 0. The number of carbonyl (C=O) groups is 2. The molecule has 0 atom stereocenters. The number of hydrogen-bond acceptors (Lipinski definition) is 5. The van der Waals surface area contributed by atoms with Crippen LogP contribution in [0.25, 0.3) is 5.57 Å². The van der Waals surface area contributed by atoms with Gasteiger partial charge in [0.15, 0.2) is 0 Å². The molecule has 6 nitrogen and oxygen atoms in total. The van der Waals surface area contributed by atoms with Gasteiger partial charge in [-0.15, -0.1) is 0 Å². The second-order valence-corrected chi connectivity index (χ2v) is 7.65. The number of nitrogens with one attached hydrogen (secondary N) is 1. The standard InChI is InChI=1S/C26H23ClN2O4/c1-3-32-21-13-9-19(10-14-21)28-24-23(17-5-7-18(27)8-6-17)25(30)29(26(24)31)20-11-15-22(16-12-20)33-4-2/h5-16,28H,3-4H2,1-2H3. The van der Waals surface area contributed by atoms with Crippen molar-refractivity contribution in [2.75, 3.05) is 23.4 Å². The van der Waals surface area contributed by atoms with Crippen molar-refractivity contribution in [2.24, 2.45) is 0 Å². The number of carbonyl (C=O) groups excluding carboxylic acids is 2. The average Bonchev–Trinajstić information content (AvgIpc) is 3.06. The van der Waals surface area contributed by atoms with Crippen molar-refractivity contribution in [3.05, 3.63) is 89.1 Å². The molecule has 0 aliphatic carbocycles. The Bertz CT molecular complexity index is 1190. The fraction of sp³-hybridized carbons (Fsp3) is 0.154. The summed E-state index contributed by atoms with van der Waals surface area (Å²) in [6.07, 6.45) is 0. The van der Waals surface area contributed by atoms with E-state index in [0.29, 0.717) is 40.9 Å². The van der Waals surface area contributed by atoms with Crippen LogP contribution in [-0.4, -0.2) is 25.0 Å². The Morgan fingerprint density at radius 2 is 1.30 bits per heavy atom. The van der Waals surface area contributed by atoms with Crippen LogP contribution in [0.3, 0.4) is 0 Å². The van der Waals surface area contributed by atoms with E-state index in [-0.39, 0.29) is 11.3 Å². The summed E-state index contributed by atoms with van der Waals surface area (Å²) in [5.41, 5.74) is 2.19. The zero-order chi connectivity index (χ0) is 23.4. The number of halogens is 1. The highest BCUT2D eigenvalue weighted by molar-refractivity contribution is 6.46. The van der Waals surface area contributed by atoms with E-state index in [1.807, 2.05) is 13.8 Å². The molecule has 2 amide bonds. The number of amides is 2. The number of rotatable bonds is 8. The van der Waals surface area contributed by atoms with Gasteiger partial charge in [-0.3, -0.25) is 9.59 Å². The van der Waals surface area contributed by atoms with Gasteiger partial charge in [-0.1, -0.05) is 23.7 Å². The van der Waals surface area contributed by atoms with Crippen LogP contribution < -0.4 is 19.7 Å². The summed E-state index contributed by atoms with van der Waals surface area (Å²) >= 11 is 6.04. The third-order valence-electron chi connectivity index (χ3n) is 5.06. The smallest absolute Gasteiger partial charge is 0.282 e. The summed E-state index contributed by atoms with van der Waals surface area (Å²) in [4.78, 5) is 28.1. The summed E-state index contributed by atoms with van der Waals surface area (Å²) < 4.78 is 11.0. The summed E-state index contributed by atoms with van der Waals surface area (Å²) in [5.74, 6) is 0.529. The topological polar surface area (TPSA) is 67.9 Å². The minimum atomic E-state index is -0.442. The van der Waals surface area contributed by atoms with Crippen molar-refractivity contribution in [3.8, 4) is 11.5 Å². The summed E-state index contributed by atoms with van der Waals surface area (Å²) in [6, 6.07) is 20.9. The predicted molar refractivity (Wildman–Crippen MR) is 130 cm³/mol. The molecule has 168 valence electrons. The van der Waals surface area contributed by atoms with Crippen molar-refractivity contribution in [2.45, 2.75) is 13.8 Å². The van der Waals surface area contributed by atoms with Crippen molar-refractivity contribution in [1.82, 2.24) is 0 Å². The molecule has 33 heavy (non-hydrogen) atoms. The molecule has 0 fully saturated rings. The lowest BCUT2D eigenvalue weighted by molar-refractivity contribution is -0.120. The van der Waals surface area contributed by atoms with Crippen LogP contribution in [0.2, 0.25) is 5.02 Å². The number of ether oxygens (including phenoxy) is 2. The molecule has 1 aliphatic rings. The fourth-order valence-corrected chi connectivity index (χ4v) is 3.69. The molecule has 7 heteroatoms. The van der Waals surface area contributed by atoms with Crippen LogP contribution in [0.1, 0.15) is 19.4 Å². The van der Waals surface area contributed by atoms with Gasteiger partial charge in [0.05, 0.1) is 24.5 Å². The second kappa shape index (κ2) is 9.79. The molecular weight excluding hydrogens is 440 g/mol. The van der Waals surface area contributed by atoms with E-state index in [2.05, 4.69) is 5.32 Å². The summed E-state index contributed by atoms with van der Waals surface area (Å²) in [5, 5.41) is 3.68. The highest BCUT2D eigenvalue weighted by Crippen LogP contribution is 2.35. The zero-order valence-electron chi connectivity index (χ0n) is 18.3. The second-order valence-electron chi connectivity index (χ2n) is 7.21. The van der Waals surface area contributed by atoms with E-state index in [1.165, 1.54) is 0 Å². The van der Waals surface area contributed by atoms with E-state index in [4.69, 9.17) is 21.1 Å². The number of anilines is 2. The highest BCUT2D eigenvalue weighted by Gasteiger charge is 2.40. The molecule has 0 spiro atoms. The first-order valence-electron chi connectivity index (χ1n) is 10.6. The van der Waals surface area contributed by atoms with E-state index in [9.17, 15) is 9.59 Å². The number of hydrogen-bond donors (Lipinski definition) is 1. The highest BCUT2D eigenvalue weighted by atomic mass is 35.5. The Kier molecular flexibility index (Phi) is 6.66. The molecule has 0 saturated heterocycles. The summed E-state index contributed by atoms with van der Waals surface area (Å²) in [6.45, 7) is 4.89. The first-order valence-corrected chi connectivity index (χ1v) is 11.0. The van der Waals surface area contributed by atoms with Crippen LogP contribution in [0.5, 0.6) is 11.5 Å². The monoisotopic (exact) mass is 462 g/mol. The van der Waals surface area contributed by atoms with E-state index in [0.717, 1.165) is 10.6 Å². The number of nitrogens with zero attached hydrogens (tertiary/aromatic N) is 1. The quantitative estimate of drug-likeness (QED) is 0.445. The van der Waals surface area contributed by atoms with Crippen LogP contribution in [-0.2, 0) is 9.59 Å². The minimum Gasteiger partial charge on any atom is -0.494 e. The van der Waals surface area contributed by atoms with Gasteiger partial charge in [-0.25, -0.2) is 4.90 Å². The van der Waals surface area contributed by atoms with Gasteiger partial charge < -0.3 is 14.8 Å². The van der Waals surface area contributed by atoms with Gasteiger partial charge in [0.2, 0.25) is 0 Å². The molecule has 3 aromatic rings. The Balaban J connectivity index is 1.72. The normalized spacial score (nSPS) is 13.5. The third kappa shape index (κ3) is 4.71. The Labute approximate surface area is 197 Å². The largest absolute Gasteiger partial charge is 0.494 e. The van der Waals surface area contributed by atoms with Crippen LogP contribution in [0, 0.1) is 0 Å². The van der Waals surface area contributed by atoms with Crippen molar-refractivity contribution >= 4 is 40.4 Å². The van der Waals surface area contributed by atoms with Gasteiger partial charge in [-0.2, -0.15) is 0 Å². The van der Waals surface area contributed by atoms with Gasteiger partial charge in [0.25, 0.3) is 11.8 Å². The van der Waals surface area contributed by atoms with Gasteiger partial charge in [0.1, 0.15) is 17.2 Å². The Morgan fingerprint density at radius 3 is 1.85 bits per heavy atom. The maximum absolute atomic E-state index is 13.5. The van der Waals surface area contributed by atoms with E-state index < -0.39 is 11.8 Å². The van der Waals surface area contributed by atoms with Gasteiger partial charge in [-0.05, 0) is 80.1 Å². The average molecular weight is 463 g/mol. The molecule has 1 N–H and O–H groups in total. The molecule has 0 aromatic heterocycles. The van der Waals surface area contributed by atoms with Crippen molar-refractivity contribution < 1.29 is 19.1 Å². The third-order valence-corrected chi connectivity index (χ3v) is 5.31. The molecule has 4 rings (SSSR count). The van der Waals surface area contributed by atoms with Gasteiger partial charge in [0, 0.05) is 10.7 Å². The maximum atomic E-state index is 13.5. The molecule has 1 aliphatic heterocycles. The fourth-order valence-electron chi connectivity index (χ4n) is 3.57. The van der Waals surface area contributed by atoms with E-state index in [1.54, 1.807) is 72.8 Å². The van der Waals surface area contributed by atoms with Crippen LogP contribution in [0.15, 0.2) is 78.5 Å². The first kappa shape index (κ1) is 22.4. The molecule has 3 aromatic carbocycles. The minimum absolute atomic E-state index is 0.195. The molecule has 1 heterocycles. The molecule has 0 saturated carbocycles.